The smallest absolute Gasteiger partial charge is 0.160 e. The number of hydrogen-bond acceptors (Lipinski definition) is 4. The predicted molar refractivity (Wildman–Crippen MR) is 256 cm³/mol. The summed E-state index contributed by atoms with van der Waals surface area (Å²) in [7, 11) is 0. The largest absolute Gasteiger partial charge is 0.245 e. The van der Waals surface area contributed by atoms with Gasteiger partial charge in [-0.25, -0.2) is 19.9 Å². The third-order valence-corrected chi connectivity index (χ3v) is 11.5. The molecule has 0 aliphatic rings. The quantitative estimate of drug-likeness (QED) is 0.144. The second-order valence-corrected chi connectivity index (χ2v) is 15.5. The van der Waals surface area contributed by atoms with Crippen molar-refractivity contribution in [2.45, 2.75) is 0 Å². The van der Waals surface area contributed by atoms with Gasteiger partial charge in [0.1, 0.15) is 0 Å². The summed E-state index contributed by atoms with van der Waals surface area (Å²) in [4.78, 5) is 20.9. The van der Waals surface area contributed by atoms with Gasteiger partial charge in [-0.15, -0.1) is 0 Å². The molecule has 0 spiro atoms. The van der Waals surface area contributed by atoms with Gasteiger partial charge in [0.15, 0.2) is 5.82 Å². The van der Waals surface area contributed by atoms with E-state index in [0.29, 0.717) is 5.82 Å². The molecule has 0 aliphatic heterocycles. The molecule has 4 heteroatoms. The normalized spacial score (nSPS) is 11.2. The van der Waals surface area contributed by atoms with Crippen molar-refractivity contribution < 1.29 is 0 Å². The minimum Gasteiger partial charge on any atom is -0.245 e. The summed E-state index contributed by atoms with van der Waals surface area (Å²) in [6, 6.07) is 80.4. The van der Waals surface area contributed by atoms with Gasteiger partial charge in [-0.05, 0) is 63.7 Å². The Morgan fingerprint density at radius 1 is 0.226 bits per heavy atom. The van der Waals surface area contributed by atoms with Crippen molar-refractivity contribution in [3.05, 3.63) is 231 Å². The average molecular weight is 791 g/mol. The number of hydrogen-bond donors (Lipinski definition) is 0. The lowest BCUT2D eigenvalue weighted by atomic mass is 9.95. The van der Waals surface area contributed by atoms with E-state index in [1.165, 1.54) is 11.1 Å². The van der Waals surface area contributed by atoms with Gasteiger partial charge >= 0.3 is 0 Å². The van der Waals surface area contributed by atoms with Crippen molar-refractivity contribution in [3.8, 4) is 89.8 Å². The summed E-state index contributed by atoms with van der Waals surface area (Å²) in [6.45, 7) is 0. The Labute approximate surface area is 360 Å². The molecule has 0 atom stereocenters. The molecule has 4 nitrogen and oxygen atoms in total. The zero-order valence-electron chi connectivity index (χ0n) is 33.7. The van der Waals surface area contributed by atoms with Gasteiger partial charge in [-0.1, -0.05) is 200 Å². The molecule has 62 heavy (non-hydrogen) atoms. The Balaban J connectivity index is 1.01. The SMILES string of the molecule is c1ccc(-c2ccc(-c3cc(-c4cccc(-c5cccc(-c6cc(-c7ccccc7)c7ccc8ccc(-c9ccccc9)nc8c7n6)c5)c4)nc(-c4ccccc4)n3)cc2)cc1. The fourth-order valence-corrected chi connectivity index (χ4v) is 8.29. The molecule has 0 unspecified atom stereocenters. The first kappa shape index (κ1) is 36.7. The molecule has 8 aromatic carbocycles. The maximum Gasteiger partial charge on any atom is 0.160 e. The van der Waals surface area contributed by atoms with Gasteiger partial charge < -0.3 is 0 Å². The summed E-state index contributed by atoms with van der Waals surface area (Å²) < 4.78 is 0. The van der Waals surface area contributed by atoms with E-state index in [4.69, 9.17) is 19.9 Å². The first-order chi connectivity index (χ1) is 30.7. The molecule has 0 amide bonds. The minimum absolute atomic E-state index is 0.687. The highest BCUT2D eigenvalue weighted by atomic mass is 14.9. The third kappa shape index (κ3) is 7.20. The second-order valence-electron chi connectivity index (χ2n) is 15.5. The lowest BCUT2D eigenvalue weighted by molar-refractivity contribution is 1.18. The minimum atomic E-state index is 0.687. The Kier molecular flexibility index (Phi) is 9.49. The lowest BCUT2D eigenvalue weighted by Crippen LogP contribution is -1.96. The molecular formula is C58H38N4. The zero-order chi connectivity index (χ0) is 41.2. The topological polar surface area (TPSA) is 51.6 Å². The molecule has 3 aromatic heterocycles. The molecule has 0 saturated heterocycles. The first-order valence-electron chi connectivity index (χ1n) is 20.9. The second kappa shape index (κ2) is 16.0. The van der Waals surface area contributed by atoms with Crippen LogP contribution in [0.25, 0.3) is 112 Å². The molecule has 3 heterocycles. The van der Waals surface area contributed by atoms with Crippen LogP contribution in [0.4, 0.5) is 0 Å². The van der Waals surface area contributed by atoms with Crippen LogP contribution in [0.15, 0.2) is 231 Å². The van der Waals surface area contributed by atoms with Crippen molar-refractivity contribution in [3.63, 3.8) is 0 Å². The Morgan fingerprint density at radius 3 is 1.29 bits per heavy atom. The molecule has 0 fully saturated rings. The summed E-state index contributed by atoms with van der Waals surface area (Å²) >= 11 is 0. The van der Waals surface area contributed by atoms with Crippen LogP contribution in [0, 0.1) is 0 Å². The highest BCUT2D eigenvalue weighted by Crippen LogP contribution is 2.38. The van der Waals surface area contributed by atoms with E-state index in [-0.39, 0.29) is 0 Å². The standard InChI is InChI=1S/C58H38N4/c1-5-15-39(16-6-1)40-27-29-43(30-28-40)54-38-55(62-58(61-54)45-21-11-4-12-22-45)49-26-14-24-47(36-49)46-23-13-25-48(35-46)53-37-51(41-17-7-2-8-18-41)50-33-31-44-32-34-52(42-19-9-3-10-20-42)59-56(44)57(50)60-53/h1-38H. The number of fused-ring (bicyclic) bond motifs is 3. The summed E-state index contributed by atoms with van der Waals surface area (Å²) in [5.41, 5.74) is 17.2. The number of aromatic nitrogens is 4. The molecular weight excluding hydrogens is 753 g/mol. The van der Waals surface area contributed by atoms with Crippen molar-refractivity contribution in [1.29, 1.82) is 0 Å². The van der Waals surface area contributed by atoms with Gasteiger partial charge in [0, 0.05) is 38.6 Å². The van der Waals surface area contributed by atoms with Crippen LogP contribution < -0.4 is 0 Å². The molecule has 11 rings (SSSR count). The molecule has 0 N–H and O–H groups in total. The van der Waals surface area contributed by atoms with Crippen LogP contribution in [0.3, 0.4) is 0 Å². The van der Waals surface area contributed by atoms with Crippen LogP contribution in [0.1, 0.15) is 0 Å². The number of benzene rings is 8. The van der Waals surface area contributed by atoms with E-state index < -0.39 is 0 Å². The van der Waals surface area contributed by atoms with Crippen LogP contribution in [0.5, 0.6) is 0 Å². The van der Waals surface area contributed by atoms with Gasteiger partial charge in [0.05, 0.1) is 33.8 Å². The highest BCUT2D eigenvalue weighted by Gasteiger charge is 2.16. The maximum absolute atomic E-state index is 5.41. The van der Waals surface area contributed by atoms with E-state index >= 15 is 0 Å². The van der Waals surface area contributed by atoms with Crippen molar-refractivity contribution in [2.75, 3.05) is 0 Å². The van der Waals surface area contributed by atoms with Gasteiger partial charge in [-0.3, -0.25) is 0 Å². The molecule has 0 saturated carbocycles. The Hall–Kier alpha value is -8.34. The van der Waals surface area contributed by atoms with E-state index in [9.17, 15) is 0 Å². The average Bonchev–Trinajstić information content (AvgIpc) is 3.37. The van der Waals surface area contributed by atoms with Gasteiger partial charge in [-0.2, -0.15) is 0 Å². The highest BCUT2D eigenvalue weighted by molar-refractivity contribution is 6.09. The molecule has 0 radical (unpaired) electrons. The van der Waals surface area contributed by atoms with Crippen LogP contribution in [-0.4, -0.2) is 19.9 Å². The van der Waals surface area contributed by atoms with Crippen LogP contribution in [-0.2, 0) is 0 Å². The van der Waals surface area contributed by atoms with E-state index in [1.807, 2.05) is 30.3 Å². The van der Waals surface area contributed by atoms with Crippen molar-refractivity contribution in [2.24, 2.45) is 0 Å². The number of rotatable bonds is 8. The van der Waals surface area contributed by atoms with Crippen LogP contribution in [0.2, 0.25) is 0 Å². The first-order valence-corrected chi connectivity index (χ1v) is 20.9. The Bertz CT molecular complexity index is 3370. The molecule has 0 aliphatic carbocycles. The number of pyridine rings is 2. The van der Waals surface area contributed by atoms with E-state index in [0.717, 1.165) is 94.7 Å². The summed E-state index contributed by atoms with van der Waals surface area (Å²) in [6.07, 6.45) is 0. The molecule has 11 aromatic rings. The number of nitrogens with zero attached hydrogens (tertiary/aromatic N) is 4. The van der Waals surface area contributed by atoms with Gasteiger partial charge in [0.25, 0.3) is 0 Å². The van der Waals surface area contributed by atoms with Gasteiger partial charge in [0.2, 0.25) is 0 Å². The van der Waals surface area contributed by atoms with Crippen molar-refractivity contribution >= 4 is 21.8 Å². The van der Waals surface area contributed by atoms with Crippen molar-refractivity contribution in [1.82, 2.24) is 19.9 Å². The zero-order valence-corrected chi connectivity index (χ0v) is 33.7. The molecule has 290 valence electrons. The fraction of sp³-hybridized carbons (Fsp3) is 0. The van der Waals surface area contributed by atoms with E-state index in [1.54, 1.807) is 0 Å². The summed E-state index contributed by atoms with van der Waals surface area (Å²) in [5.74, 6) is 0.687. The predicted octanol–water partition coefficient (Wildman–Crippen LogP) is 14.9. The monoisotopic (exact) mass is 790 g/mol. The Morgan fingerprint density at radius 2 is 0.661 bits per heavy atom. The van der Waals surface area contributed by atoms with E-state index in [2.05, 4.69) is 200 Å². The lowest BCUT2D eigenvalue weighted by Gasteiger charge is -2.14. The third-order valence-electron chi connectivity index (χ3n) is 11.5. The van der Waals surface area contributed by atoms with Crippen LogP contribution >= 0.6 is 0 Å². The maximum atomic E-state index is 5.41. The summed E-state index contributed by atoms with van der Waals surface area (Å²) in [5, 5.41) is 2.12. The fourth-order valence-electron chi connectivity index (χ4n) is 8.29. The molecule has 0 bridgehead atoms.